The minimum absolute atomic E-state index is 0.128. The molecule has 112 valence electrons. The Hall–Kier alpha value is -2.82. The first-order chi connectivity index (χ1) is 10.5. The molecule has 1 aliphatic heterocycles. The van der Waals surface area contributed by atoms with Crippen molar-refractivity contribution in [3.63, 3.8) is 0 Å². The molecule has 5 heteroatoms. The van der Waals surface area contributed by atoms with Gasteiger partial charge in [0.25, 0.3) is 0 Å². The molecule has 0 saturated carbocycles. The van der Waals surface area contributed by atoms with Gasteiger partial charge in [0.1, 0.15) is 28.9 Å². The molecule has 1 N–H and O–H groups in total. The van der Waals surface area contributed by atoms with Crippen molar-refractivity contribution in [1.29, 1.82) is 0 Å². The van der Waals surface area contributed by atoms with Crippen LogP contribution in [-0.4, -0.2) is 16.9 Å². The maximum Gasteiger partial charge on any atom is 0.308 e. The van der Waals surface area contributed by atoms with E-state index in [4.69, 9.17) is 9.47 Å². The number of rotatable bonds is 2. The van der Waals surface area contributed by atoms with Gasteiger partial charge in [0.05, 0.1) is 6.42 Å². The number of phenolic OH excluding ortho intramolecular Hbond substituents is 1. The number of Topliss-reactive ketones (excluding diaryl/α,β-unsaturated/α-hetero) is 1. The Bertz CT molecular complexity index is 736. The van der Waals surface area contributed by atoms with E-state index in [1.165, 1.54) is 19.1 Å². The second kappa shape index (κ2) is 5.52. The number of hydrogen-bond donors (Lipinski definition) is 1. The van der Waals surface area contributed by atoms with E-state index in [1.807, 2.05) is 30.3 Å². The van der Waals surface area contributed by atoms with Crippen LogP contribution >= 0.6 is 0 Å². The molecule has 0 fully saturated rings. The van der Waals surface area contributed by atoms with Gasteiger partial charge in [-0.3, -0.25) is 9.59 Å². The third-order valence-electron chi connectivity index (χ3n) is 3.41. The van der Waals surface area contributed by atoms with Gasteiger partial charge in [0, 0.05) is 19.1 Å². The Morgan fingerprint density at radius 3 is 2.68 bits per heavy atom. The van der Waals surface area contributed by atoms with Gasteiger partial charge in [-0.25, -0.2) is 0 Å². The van der Waals surface area contributed by atoms with Crippen LogP contribution in [0, 0.1) is 0 Å². The number of aromatic hydroxyl groups is 1. The minimum Gasteiger partial charge on any atom is -0.507 e. The van der Waals surface area contributed by atoms with Gasteiger partial charge in [-0.1, -0.05) is 30.3 Å². The first-order valence-corrected chi connectivity index (χ1v) is 6.85. The first-order valence-electron chi connectivity index (χ1n) is 6.85. The predicted molar refractivity (Wildman–Crippen MR) is 78.2 cm³/mol. The fourth-order valence-corrected chi connectivity index (χ4v) is 2.49. The molecule has 0 unspecified atom stereocenters. The van der Waals surface area contributed by atoms with Gasteiger partial charge >= 0.3 is 5.97 Å². The van der Waals surface area contributed by atoms with E-state index in [1.54, 1.807) is 0 Å². The second-order valence-electron chi connectivity index (χ2n) is 5.05. The van der Waals surface area contributed by atoms with Crippen LogP contribution in [0.15, 0.2) is 42.5 Å². The molecule has 1 atom stereocenters. The maximum absolute atomic E-state index is 12.3. The molecule has 1 heterocycles. The van der Waals surface area contributed by atoms with E-state index < -0.39 is 12.1 Å². The molecular weight excluding hydrogens is 284 g/mol. The monoisotopic (exact) mass is 298 g/mol. The summed E-state index contributed by atoms with van der Waals surface area (Å²) >= 11 is 0. The summed E-state index contributed by atoms with van der Waals surface area (Å²) in [7, 11) is 0. The quantitative estimate of drug-likeness (QED) is 0.681. The average molecular weight is 298 g/mol. The summed E-state index contributed by atoms with van der Waals surface area (Å²) in [6.07, 6.45) is -0.273. The maximum atomic E-state index is 12.3. The number of hydrogen-bond acceptors (Lipinski definition) is 5. The standard InChI is InChI=1S/C17H14O5/c1-10(18)21-12-7-13(19)17-14(20)9-15(22-16(17)8-12)11-5-3-2-4-6-11/h2-8,15,19H,9H2,1H3/t15-/m1/s1. The molecule has 0 spiro atoms. The third kappa shape index (κ3) is 2.65. The number of esters is 1. The van der Waals surface area contributed by atoms with Crippen LogP contribution in [0.2, 0.25) is 0 Å². The van der Waals surface area contributed by atoms with E-state index in [2.05, 4.69) is 0 Å². The topological polar surface area (TPSA) is 72.8 Å². The lowest BCUT2D eigenvalue weighted by Crippen LogP contribution is -2.20. The lowest BCUT2D eigenvalue weighted by atomic mass is 9.95. The zero-order valence-electron chi connectivity index (χ0n) is 11.9. The lowest BCUT2D eigenvalue weighted by molar-refractivity contribution is -0.131. The van der Waals surface area contributed by atoms with Crippen LogP contribution in [-0.2, 0) is 4.79 Å². The summed E-state index contributed by atoms with van der Waals surface area (Å²) in [6.45, 7) is 1.26. The highest BCUT2D eigenvalue weighted by atomic mass is 16.5. The molecule has 0 radical (unpaired) electrons. The Morgan fingerprint density at radius 2 is 2.00 bits per heavy atom. The Labute approximate surface area is 127 Å². The van der Waals surface area contributed by atoms with Crippen molar-refractivity contribution in [2.24, 2.45) is 0 Å². The molecule has 0 saturated heterocycles. The lowest BCUT2D eigenvalue weighted by Gasteiger charge is -2.26. The molecule has 0 aliphatic carbocycles. The number of ether oxygens (including phenoxy) is 2. The van der Waals surface area contributed by atoms with Crippen LogP contribution < -0.4 is 9.47 Å². The van der Waals surface area contributed by atoms with E-state index in [9.17, 15) is 14.7 Å². The second-order valence-corrected chi connectivity index (χ2v) is 5.05. The Morgan fingerprint density at radius 1 is 1.27 bits per heavy atom. The first kappa shape index (κ1) is 14.1. The van der Waals surface area contributed by atoms with Crippen LogP contribution in [0.5, 0.6) is 17.2 Å². The minimum atomic E-state index is -0.513. The van der Waals surface area contributed by atoms with Crippen molar-refractivity contribution in [3.8, 4) is 17.2 Å². The molecule has 2 aromatic carbocycles. The molecular formula is C17H14O5. The number of phenols is 1. The number of benzene rings is 2. The van der Waals surface area contributed by atoms with E-state index >= 15 is 0 Å². The van der Waals surface area contributed by atoms with Gasteiger partial charge in [0.15, 0.2) is 5.78 Å². The molecule has 5 nitrogen and oxygen atoms in total. The molecule has 0 amide bonds. The highest BCUT2D eigenvalue weighted by Gasteiger charge is 2.30. The van der Waals surface area contributed by atoms with Gasteiger partial charge in [-0.05, 0) is 5.56 Å². The van der Waals surface area contributed by atoms with Gasteiger partial charge in [-0.2, -0.15) is 0 Å². The number of carbonyl (C=O) groups excluding carboxylic acids is 2. The molecule has 1 aliphatic rings. The predicted octanol–water partition coefficient (Wildman–Crippen LogP) is 3.02. The Kier molecular flexibility index (Phi) is 3.55. The van der Waals surface area contributed by atoms with E-state index in [-0.39, 0.29) is 35.0 Å². The Balaban J connectivity index is 1.99. The molecule has 3 rings (SSSR count). The smallest absolute Gasteiger partial charge is 0.308 e. The van der Waals surface area contributed by atoms with Crippen LogP contribution in [0.3, 0.4) is 0 Å². The van der Waals surface area contributed by atoms with Crippen molar-refractivity contribution in [1.82, 2.24) is 0 Å². The van der Waals surface area contributed by atoms with Crippen LogP contribution in [0.25, 0.3) is 0 Å². The van der Waals surface area contributed by atoms with E-state index in [0.717, 1.165) is 5.56 Å². The summed E-state index contributed by atoms with van der Waals surface area (Å²) in [4.78, 5) is 23.3. The summed E-state index contributed by atoms with van der Waals surface area (Å²) in [5.74, 6) is -0.597. The van der Waals surface area contributed by atoms with Crippen molar-refractivity contribution in [2.75, 3.05) is 0 Å². The third-order valence-corrected chi connectivity index (χ3v) is 3.41. The molecule has 22 heavy (non-hydrogen) atoms. The SMILES string of the molecule is CC(=O)Oc1cc(O)c2c(c1)O[C@@H](c1ccccc1)CC2=O. The molecule has 2 aromatic rings. The number of fused-ring (bicyclic) bond motifs is 1. The highest BCUT2D eigenvalue weighted by molar-refractivity contribution is 6.02. The molecule has 0 aromatic heterocycles. The van der Waals surface area contributed by atoms with Crippen molar-refractivity contribution < 1.29 is 24.2 Å². The normalized spacial score (nSPS) is 16.6. The summed E-state index contributed by atoms with van der Waals surface area (Å²) < 4.78 is 10.8. The fourth-order valence-electron chi connectivity index (χ4n) is 2.49. The van der Waals surface area contributed by atoms with Crippen molar-refractivity contribution in [3.05, 3.63) is 53.6 Å². The van der Waals surface area contributed by atoms with Crippen molar-refractivity contribution >= 4 is 11.8 Å². The van der Waals surface area contributed by atoms with Gasteiger partial charge in [-0.15, -0.1) is 0 Å². The van der Waals surface area contributed by atoms with Gasteiger partial charge in [0.2, 0.25) is 0 Å². The number of carbonyl (C=O) groups is 2. The van der Waals surface area contributed by atoms with Crippen LogP contribution in [0.1, 0.15) is 35.4 Å². The van der Waals surface area contributed by atoms with E-state index in [0.29, 0.717) is 0 Å². The van der Waals surface area contributed by atoms with Gasteiger partial charge < -0.3 is 14.6 Å². The summed E-state index contributed by atoms with van der Waals surface area (Å²) in [5.41, 5.74) is 1.00. The zero-order valence-corrected chi connectivity index (χ0v) is 11.9. The van der Waals surface area contributed by atoms with Crippen LogP contribution in [0.4, 0.5) is 0 Å². The highest BCUT2D eigenvalue weighted by Crippen LogP contribution is 2.41. The largest absolute Gasteiger partial charge is 0.507 e. The fraction of sp³-hybridized carbons (Fsp3) is 0.176. The summed E-state index contributed by atoms with van der Waals surface area (Å²) in [6, 6.07) is 12.1. The summed E-state index contributed by atoms with van der Waals surface area (Å²) in [5, 5.41) is 9.99. The number of ketones is 1. The van der Waals surface area contributed by atoms with Crippen molar-refractivity contribution in [2.45, 2.75) is 19.4 Å². The zero-order chi connectivity index (χ0) is 15.7. The average Bonchev–Trinajstić information content (AvgIpc) is 2.46. The molecule has 0 bridgehead atoms.